The lowest BCUT2D eigenvalue weighted by molar-refractivity contribution is -0.111. The van der Waals surface area contributed by atoms with E-state index in [1.807, 2.05) is 0 Å². The Balaban J connectivity index is 1.70. The molecule has 14 heteroatoms. The molecule has 1 aliphatic heterocycles. The van der Waals surface area contributed by atoms with E-state index in [0.717, 1.165) is 6.08 Å². The molecule has 45 heavy (non-hydrogen) atoms. The predicted molar refractivity (Wildman–Crippen MR) is 171 cm³/mol. The Morgan fingerprint density at radius 3 is 2.29 bits per heavy atom. The van der Waals surface area contributed by atoms with E-state index in [2.05, 4.69) is 16.9 Å². The molecule has 236 valence electrons. The molecular weight excluding hydrogens is 631 g/mol. The van der Waals surface area contributed by atoms with Crippen molar-refractivity contribution < 1.29 is 27.8 Å². The summed E-state index contributed by atoms with van der Waals surface area (Å²) in [6.45, 7) is 5.06. The smallest absolute Gasteiger partial charge is 0.266 e. The molecule has 0 spiro atoms. The van der Waals surface area contributed by atoms with Crippen molar-refractivity contribution in [3.05, 3.63) is 63.5 Å². The van der Waals surface area contributed by atoms with Gasteiger partial charge in [0, 0.05) is 48.8 Å². The Bertz CT molecular complexity index is 1870. The van der Waals surface area contributed by atoms with Crippen LogP contribution in [0.5, 0.6) is 17.2 Å². The molecule has 0 saturated carbocycles. The van der Waals surface area contributed by atoms with Gasteiger partial charge in [-0.2, -0.15) is 0 Å². The molecule has 2 aromatic carbocycles. The number of methoxy groups -OCH3 is 3. The first-order valence-electron chi connectivity index (χ1n) is 13.8. The lowest BCUT2D eigenvalue weighted by atomic mass is 10.0. The number of alkyl halides is 2. The van der Waals surface area contributed by atoms with Gasteiger partial charge < -0.3 is 24.4 Å². The minimum Gasteiger partial charge on any atom is -0.496 e. The first-order valence-corrected chi connectivity index (χ1v) is 14.5. The number of carbonyl (C=O) groups is 1. The molecule has 4 aromatic rings. The summed E-state index contributed by atoms with van der Waals surface area (Å²) in [5, 5.41) is 3.46. The Hall–Kier alpha value is -4.42. The van der Waals surface area contributed by atoms with Crippen LogP contribution in [0.25, 0.3) is 33.5 Å². The van der Waals surface area contributed by atoms with E-state index in [1.54, 1.807) is 25.1 Å². The molecule has 5 rings (SSSR count). The van der Waals surface area contributed by atoms with Gasteiger partial charge in [-0.25, -0.2) is 18.7 Å². The number of aryl methyl sites for hydroxylation is 1. The lowest BCUT2D eigenvalue weighted by Gasteiger charge is -2.24. The van der Waals surface area contributed by atoms with Crippen molar-refractivity contribution in [1.29, 1.82) is 0 Å². The molecule has 10 nitrogen and oxygen atoms in total. The van der Waals surface area contributed by atoms with Crippen molar-refractivity contribution in [3.63, 3.8) is 0 Å². The van der Waals surface area contributed by atoms with Crippen LogP contribution in [0, 0.1) is 0 Å². The normalized spacial score (nSPS) is 14.0. The number of halogens is 4. The monoisotopic (exact) mass is 659 g/mol. The van der Waals surface area contributed by atoms with E-state index in [-0.39, 0.29) is 69.4 Å². The van der Waals surface area contributed by atoms with Crippen LogP contribution < -0.4 is 30.0 Å². The maximum absolute atomic E-state index is 14.1. The summed E-state index contributed by atoms with van der Waals surface area (Å²) >= 11 is 13.3. The van der Waals surface area contributed by atoms with Crippen LogP contribution in [0.15, 0.2) is 47.9 Å². The number of amides is 1. The highest BCUT2D eigenvalue weighted by molar-refractivity contribution is 6.41. The zero-order chi connectivity index (χ0) is 32.6. The van der Waals surface area contributed by atoms with Crippen LogP contribution in [0.1, 0.15) is 13.3 Å². The average Bonchev–Trinajstić information content (AvgIpc) is 3.40. The Labute approximate surface area is 267 Å². The van der Waals surface area contributed by atoms with Crippen molar-refractivity contribution in [2.24, 2.45) is 0 Å². The molecule has 1 aliphatic rings. The van der Waals surface area contributed by atoms with Crippen LogP contribution in [-0.2, 0) is 11.3 Å². The number of anilines is 2. The molecule has 1 fully saturated rings. The predicted octanol–water partition coefficient (Wildman–Crippen LogP) is 6.45. The van der Waals surface area contributed by atoms with E-state index < -0.39 is 23.9 Å². The molecule has 0 unspecified atom stereocenters. The summed E-state index contributed by atoms with van der Waals surface area (Å²) in [6, 6.07) is 6.23. The van der Waals surface area contributed by atoms with Gasteiger partial charge in [0.25, 0.3) is 11.5 Å². The molecule has 0 atom stereocenters. The minimum atomic E-state index is -2.87. The standard InChI is InChI=1S/C31H29Cl2F2N5O5/c1-6-24(41)37-19-11-17(21(43-3)12-20(19)39-9-8-31(34,35)15-39)28-36-14-16-10-18(30(42)40(7-2)29(16)38-28)25-26(32)22(44-4)13-23(45-5)27(25)33/h6,10-14H,1,7-9,15H2,2-5H3,(H,37,41). The van der Waals surface area contributed by atoms with Crippen LogP contribution >= 0.6 is 23.2 Å². The zero-order valence-corrected chi connectivity index (χ0v) is 26.4. The molecule has 0 bridgehead atoms. The van der Waals surface area contributed by atoms with Gasteiger partial charge >= 0.3 is 0 Å². The molecule has 1 N–H and O–H groups in total. The third kappa shape index (κ3) is 5.87. The van der Waals surface area contributed by atoms with Crippen LogP contribution in [0.4, 0.5) is 20.2 Å². The van der Waals surface area contributed by atoms with Gasteiger partial charge in [0.05, 0.1) is 60.4 Å². The summed E-state index contributed by atoms with van der Waals surface area (Å²) in [5.74, 6) is -2.42. The fraction of sp³-hybridized carbons (Fsp3) is 0.290. The number of benzene rings is 2. The summed E-state index contributed by atoms with van der Waals surface area (Å²) < 4.78 is 46.1. The van der Waals surface area contributed by atoms with Crippen molar-refractivity contribution in [2.45, 2.75) is 25.8 Å². The molecule has 1 amide bonds. The maximum atomic E-state index is 14.1. The fourth-order valence-corrected chi connectivity index (χ4v) is 5.99. The highest BCUT2D eigenvalue weighted by atomic mass is 35.5. The van der Waals surface area contributed by atoms with Crippen molar-refractivity contribution >= 4 is 51.5 Å². The number of pyridine rings is 1. The molecular formula is C31H29Cl2F2N5O5. The van der Waals surface area contributed by atoms with Crippen molar-refractivity contribution in [3.8, 4) is 39.8 Å². The van der Waals surface area contributed by atoms with Gasteiger partial charge in [0.15, 0.2) is 5.82 Å². The summed E-state index contributed by atoms with van der Waals surface area (Å²) in [6.07, 6.45) is 2.28. The highest BCUT2D eigenvalue weighted by Crippen LogP contribution is 2.46. The second-order valence-corrected chi connectivity index (χ2v) is 10.9. The van der Waals surface area contributed by atoms with Gasteiger partial charge in [0.2, 0.25) is 5.91 Å². The van der Waals surface area contributed by atoms with Gasteiger partial charge in [0.1, 0.15) is 22.9 Å². The first-order chi connectivity index (χ1) is 21.5. The van der Waals surface area contributed by atoms with Gasteiger partial charge in [-0.3, -0.25) is 14.2 Å². The molecule has 0 radical (unpaired) electrons. The van der Waals surface area contributed by atoms with Crippen LogP contribution in [-0.4, -0.2) is 60.8 Å². The number of rotatable bonds is 9. The molecule has 0 aliphatic carbocycles. The van der Waals surface area contributed by atoms with Crippen molar-refractivity contribution in [2.75, 3.05) is 44.6 Å². The third-order valence-electron chi connectivity index (χ3n) is 7.50. The maximum Gasteiger partial charge on any atom is 0.266 e. The third-order valence-corrected chi connectivity index (χ3v) is 8.25. The number of hydrogen-bond acceptors (Lipinski definition) is 8. The highest BCUT2D eigenvalue weighted by Gasteiger charge is 2.39. The quantitative estimate of drug-likeness (QED) is 0.204. The van der Waals surface area contributed by atoms with Gasteiger partial charge in [-0.15, -0.1) is 0 Å². The summed E-state index contributed by atoms with van der Waals surface area (Å²) in [5.41, 5.74) is 1.26. The Morgan fingerprint density at radius 1 is 1.07 bits per heavy atom. The molecule has 3 heterocycles. The number of hydrogen-bond donors (Lipinski definition) is 1. The van der Waals surface area contributed by atoms with Crippen LogP contribution in [0.3, 0.4) is 0 Å². The largest absolute Gasteiger partial charge is 0.496 e. The van der Waals surface area contributed by atoms with Gasteiger partial charge in [-0.1, -0.05) is 29.8 Å². The topological polar surface area (TPSA) is 108 Å². The van der Waals surface area contributed by atoms with E-state index in [1.165, 1.54) is 43.1 Å². The van der Waals surface area contributed by atoms with Crippen LogP contribution in [0.2, 0.25) is 10.0 Å². The van der Waals surface area contributed by atoms with E-state index in [4.69, 9.17) is 42.4 Å². The molecule has 2 aromatic heterocycles. The van der Waals surface area contributed by atoms with E-state index >= 15 is 0 Å². The number of fused-ring (bicyclic) bond motifs is 1. The minimum absolute atomic E-state index is 0.0806. The fourth-order valence-electron chi connectivity index (χ4n) is 5.28. The number of nitrogens with zero attached hydrogens (tertiary/aromatic N) is 4. The Kier molecular flexibility index (Phi) is 8.90. The Morgan fingerprint density at radius 2 is 1.73 bits per heavy atom. The van der Waals surface area contributed by atoms with Crippen molar-refractivity contribution in [1.82, 2.24) is 14.5 Å². The number of aromatic nitrogens is 3. The van der Waals surface area contributed by atoms with E-state index in [9.17, 15) is 18.4 Å². The van der Waals surface area contributed by atoms with E-state index in [0.29, 0.717) is 22.3 Å². The first kappa shape index (κ1) is 32.0. The summed E-state index contributed by atoms with van der Waals surface area (Å²) in [4.78, 5) is 36.9. The zero-order valence-electron chi connectivity index (χ0n) is 24.8. The number of carbonyl (C=O) groups excluding carboxylic acids is 1. The lowest BCUT2D eigenvalue weighted by Crippen LogP contribution is -2.26. The SMILES string of the molecule is C=CC(=O)Nc1cc(-c2ncc3cc(-c4c(Cl)c(OC)cc(OC)c4Cl)c(=O)n(CC)c3n2)c(OC)cc1N1CCC(F)(F)C1. The molecule has 1 saturated heterocycles. The number of ether oxygens (including phenoxy) is 3. The second-order valence-electron chi connectivity index (χ2n) is 10.2. The average molecular weight is 661 g/mol. The number of nitrogens with one attached hydrogen (secondary N) is 1. The van der Waals surface area contributed by atoms with Gasteiger partial charge in [-0.05, 0) is 25.1 Å². The summed E-state index contributed by atoms with van der Waals surface area (Å²) in [7, 11) is 4.30. The second kappa shape index (κ2) is 12.5.